The molecule has 0 aromatic heterocycles. The van der Waals surface area contributed by atoms with Crippen LogP contribution in [-0.2, 0) is 9.59 Å². The maximum absolute atomic E-state index is 11.4. The first-order chi connectivity index (χ1) is 15.2. The molecule has 0 saturated carbocycles. The molecule has 12 nitrogen and oxygen atoms in total. The monoisotopic (exact) mass is 832 g/mol. The van der Waals surface area contributed by atoms with Crippen LogP contribution in [0.15, 0.2) is 0 Å². The third-order valence-electron chi connectivity index (χ3n) is 3.87. The first-order valence-corrected chi connectivity index (χ1v) is 12.4. The van der Waals surface area contributed by atoms with Crippen LogP contribution in [0.25, 0.3) is 0 Å². The van der Waals surface area contributed by atoms with Gasteiger partial charge in [-0.15, -0.1) is 0 Å². The summed E-state index contributed by atoms with van der Waals surface area (Å²) in [5.41, 5.74) is 0.833. The summed E-state index contributed by atoms with van der Waals surface area (Å²) in [6.07, 6.45) is -5.65. The Labute approximate surface area is 259 Å². The predicted octanol–water partition coefficient (Wildman–Crippen LogP) is -3.24. The van der Waals surface area contributed by atoms with Crippen LogP contribution in [0.3, 0.4) is 0 Å². The number of anilines is 2. The zero-order valence-electron chi connectivity index (χ0n) is 18.8. The molecule has 0 spiro atoms. The molecule has 0 bridgehead atoms. The van der Waals surface area contributed by atoms with Crippen LogP contribution in [0.1, 0.15) is 24.2 Å². The Balaban J connectivity index is 0. The number of rotatable bonds is 9. The molecular formula is C18H26I3N3NaO9+. The Morgan fingerprint density at radius 3 is 1.50 bits per heavy atom. The number of amides is 2. The van der Waals surface area contributed by atoms with Crippen molar-refractivity contribution in [2.45, 2.75) is 38.3 Å². The van der Waals surface area contributed by atoms with Gasteiger partial charge in [0, 0.05) is 20.4 Å². The Hall–Kier alpha value is 0.580. The largest absolute Gasteiger partial charge is 1.00 e. The molecule has 9 N–H and O–H groups in total. The van der Waals surface area contributed by atoms with Crippen molar-refractivity contribution in [1.29, 1.82) is 0 Å². The van der Waals surface area contributed by atoms with Crippen molar-refractivity contribution >= 4 is 96.9 Å². The normalized spacial score (nSPS) is 13.9. The molecule has 0 aliphatic rings. The van der Waals surface area contributed by atoms with Gasteiger partial charge in [-0.1, -0.05) is 0 Å². The fourth-order valence-electron chi connectivity index (χ4n) is 2.32. The van der Waals surface area contributed by atoms with E-state index in [1.165, 1.54) is 13.8 Å². The molecule has 188 valence electrons. The molecule has 2 amide bonds. The second-order valence-corrected chi connectivity index (χ2v) is 9.83. The summed E-state index contributed by atoms with van der Waals surface area (Å²) in [4.78, 5) is 33.9. The van der Waals surface area contributed by atoms with Crippen LogP contribution in [-0.4, -0.2) is 93.0 Å². The summed E-state index contributed by atoms with van der Waals surface area (Å²) in [6, 6.07) is 0. The standard InChI is InChI=1S/C11H9I3N2O4.C7H17NO5.Na/c1-3(17)15-9-6(12)5(11(19)20)7(13)10(8(9)14)16-4(2)18;1-8-2-4(10)6(12)7(13)5(11)3-9;/h1-2H3,(H,15,17)(H,16,18)(H,19,20);4-13H,2-3H2,1H3;/q;;+1/t;4-,5+,6+,7+;/m.0./s1. The van der Waals surface area contributed by atoms with Crippen LogP contribution in [0, 0.1) is 10.7 Å². The summed E-state index contributed by atoms with van der Waals surface area (Å²) in [5.74, 6) is -1.74. The van der Waals surface area contributed by atoms with E-state index in [1.54, 1.807) is 7.05 Å². The maximum atomic E-state index is 11.4. The van der Waals surface area contributed by atoms with E-state index in [0.29, 0.717) is 22.1 Å². The van der Waals surface area contributed by atoms with Crippen molar-refractivity contribution in [3.05, 3.63) is 16.3 Å². The molecular weight excluding hydrogens is 806 g/mol. The molecule has 16 heteroatoms. The van der Waals surface area contributed by atoms with Gasteiger partial charge in [-0.25, -0.2) is 4.79 Å². The van der Waals surface area contributed by atoms with Crippen molar-refractivity contribution < 1.29 is 74.6 Å². The fourth-order valence-corrected chi connectivity index (χ4v) is 6.48. The first-order valence-electron chi connectivity index (χ1n) is 9.17. The van der Waals surface area contributed by atoms with Crippen molar-refractivity contribution in [3.8, 4) is 0 Å². The van der Waals surface area contributed by atoms with Gasteiger partial charge in [-0.3, -0.25) is 9.59 Å². The van der Waals surface area contributed by atoms with E-state index in [9.17, 15) is 24.6 Å². The number of nitrogens with one attached hydrogen (secondary N) is 3. The van der Waals surface area contributed by atoms with Gasteiger partial charge in [-0.2, -0.15) is 0 Å². The first kappa shape index (κ1) is 36.7. The Kier molecular flexibility index (Phi) is 19.4. The second-order valence-electron chi connectivity index (χ2n) is 6.59. The van der Waals surface area contributed by atoms with Crippen molar-refractivity contribution in [2.24, 2.45) is 0 Å². The Bertz CT molecular complexity index is 821. The van der Waals surface area contributed by atoms with E-state index < -0.39 is 37.0 Å². The number of hydrogen-bond donors (Lipinski definition) is 9. The second kappa shape index (κ2) is 17.9. The molecule has 1 aromatic rings. The number of carboxylic acids is 1. The summed E-state index contributed by atoms with van der Waals surface area (Å²) in [6.45, 7) is 2.10. The molecule has 0 fully saturated rings. The van der Waals surface area contributed by atoms with E-state index in [1.807, 2.05) is 67.8 Å². The zero-order valence-corrected chi connectivity index (χ0v) is 27.2. The summed E-state index contributed by atoms with van der Waals surface area (Å²) in [5, 5.41) is 62.0. The van der Waals surface area contributed by atoms with Crippen LogP contribution >= 0.6 is 67.8 Å². The van der Waals surface area contributed by atoms with Gasteiger partial charge in [-0.05, 0) is 74.8 Å². The average Bonchev–Trinajstić information content (AvgIpc) is 2.72. The fraction of sp³-hybridized carbons (Fsp3) is 0.500. The number of likely N-dealkylation sites (N-methyl/N-ethyl adjacent to an activating group) is 1. The van der Waals surface area contributed by atoms with E-state index in [2.05, 4.69) is 16.0 Å². The average molecular weight is 832 g/mol. The molecule has 1 rings (SSSR count). The van der Waals surface area contributed by atoms with Crippen molar-refractivity contribution in [1.82, 2.24) is 5.32 Å². The number of carboxylic acid groups (broad SMARTS) is 1. The SMILES string of the molecule is CC(=O)Nc1c(I)c(NC(C)=O)c(I)c(C(=O)O)c1I.CNC[C@H](O)[C@@H](O)[C@H](O)[C@H](O)CO.[Na+]. The van der Waals surface area contributed by atoms with Gasteiger partial charge in [0.1, 0.15) is 18.3 Å². The van der Waals surface area contributed by atoms with E-state index in [0.717, 1.165) is 0 Å². The number of carbonyl (C=O) groups is 3. The van der Waals surface area contributed by atoms with Gasteiger partial charge >= 0.3 is 35.5 Å². The summed E-state index contributed by atoms with van der Waals surface area (Å²) >= 11 is 5.71. The minimum atomic E-state index is -1.55. The number of aliphatic hydroxyl groups is 5. The molecule has 0 aliphatic carbocycles. The Morgan fingerprint density at radius 2 is 1.21 bits per heavy atom. The summed E-state index contributed by atoms with van der Waals surface area (Å²) < 4.78 is 1.44. The van der Waals surface area contributed by atoms with Crippen LogP contribution in [0.2, 0.25) is 0 Å². The van der Waals surface area contributed by atoms with E-state index >= 15 is 0 Å². The number of hydrogen-bond acceptors (Lipinski definition) is 9. The van der Waals surface area contributed by atoms with Gasteiger partial charge in [0.2, 0.25) is 11.8 Å². The van der Waals surface area contributed by atoms with Crippen molar-refractivity contribution in [2.75, 3.05) is 30.8 Å². The number of aromatic carboxylic acids is 1. The van der Waals surface area contributed by atoms with Crippen LogP contribution in [0.4, 0.5) is 11.4 Å². The molecule has 0 saturated heterocycles. The predicted molar refractivity (Wildman–Crippen MR) is 145 cm³/mol. The van der Waals surface area contributed by atoms with Gasteiger partial charge in [0.25, 0.3) is 0 Å². The number of aliphatic hydroxyl groups excluding tert-OH is 5. The topological polar surface area (TPSA) is 209 Å². The van der Waals surface area contributed by atoms with Gasteiger partial charge < -0.3 is 46.6 Å². The zero-order chi connectivity index (χ0) is 26.0. The van der Waals surface area contributed by atoms with Gasteiger partial charge in [0.15, 0.2) is 0 Å². The van der Waals surface area contributed by atoms with Crippen LogP contribution in [0.5, 0.6) is 0 Å². The van der Waals surface area contributed by atoms with Crippen molar-refractivity contribution in [3.63, 3.8) is 0 Å². The molecule has 4 atom stereocenters. The van der Waals surface area contributed by atoms with Crippen LogP contribution < -0.4 is 45.5 Å². The van der Waals surface area contributed by atoms with E-state index in [-0.39, 0.29) is 53.5 Å². The van der Waals surface area contributed by atoms with Gasteiger partial charge in [0.05, 0.1) is 40.4 Å². The smallest absolute Gasteiger partial charge is 0.478 e. The summed E-state index contributed by atoms with van der Waals surface area (Å²) in [7, 11) is 1.57. The molecule has 0 radical (unpaired) electrons. The maximum Gasteiger partial charge on any atom is 1.00 e. The molecule has 0 heterocycles. The number of halogens is 3. The molecule has 0 aliphatic heterocycles. The number of carbonyl (C=O) groups excluding carboxylic acids is 2. The minimum Gasteiger partial charge on any atom is -0.478 e. The number of benzene rings is 1. The Morgan fingerprint density at radius 1 is 0.824 bits per heavy atom. The molecule has 1 aromatic carbocycles. The molecule has 0 unspecified atom stereocenters. The quantitative estimate of drug-likeness (QED) is 0.0899. The van der Waals surface area contributed by atoms with E-state index in [4.69, 9.17) is 20.4 Å². The third-order valence-corrected chi connectivity index (χ3v) is 7.11. The third kappa shape index (κ3) is 11.3. The minimum absolute atomic E-state index is 0. The molecule has 34 heavy (non-hydrogen) atoms.